The number of rotatable bonds is 5. The molecule has 1 aliphatic carbocycles. The maximum Gasteiger partial charge on any atom is 0.151 e. The predicted molar refractivity (Wildman–Crippen MR) is 73.6 cm³/mol. The Hall–Kier alpha value is -1.25. The summed E-state index contributed by atoms with van der Waals surface area (Å²) in [5, 5.41) is 3.59. The van der Waals surface area contributed by atoms with Crippen LogP contribution in [0.1, 0.15) is 32.6 Å². The second-order valence-electron chi connectivity index (χ2n) is 5.35. The lowest BCUT2D eigenvalue weighted by molar-refractivity contribution is 0.286. The first-order chi connectivity index (χ1) is 8.16. The van der Waals surface area contributed by atoms with Crippen molar-refractivity contribution in [2.75, 3.05) is 24.3 Å². The van der Waals surface area contributed by atoms with Crippen LogP contribution in [0.3, 0.4) is 0 Å². The number of anilines is 2. The Labute approximate surface area is 104 Å². The number of hydrogen-bond donors (Lipinski definition) is 1. The Bertz CT molecular complexity index is 358. The minimum Gasteiger partial charge on any atom is -0.380 e. The molecule has 0 radical (unpaired) electrons. The monoisotopic (exact) mass is 233 g/mol. The van der Waals surface area contributed by atoms with E-state index >= 15 is 0 Å². The second-order valence-corrected chi connectivity index (χ2v) is 5.35. The van der Waals surface area contributed by atoms with Crippen molar-refractivity contribution >= 4 is 11.5 Å². The van der Waals surface area contributed by atoms with Crippen molar-refractivity contribution in [3.8, 4) is 0 Å². The van der Waals surface area contributed by atoms with E-state index in [0.717, 1.165) is 17.4 Å². The summed E-state index contributed by atoms with van der Waals surface area (Å²) in [7, 11) is 4.06. The van der Waals surface area contributed by atoms with Crippen LogP contribution in [0, 0.1) is 5.92 Å². The molecule has 2 rings (SSSR count). The molecule has 1 aliphatic rings. The van der Waals surface area contributed by atoms with Crippen LogP contribution >= 0.6 is 0 Å². The van der Waals surface area contributed by atoms with Crippen LogP contribution in [0.25, 0.3) is 0 Å². The average Bonchev–Trinajstić information content (AvgIpc) is 2.24. The van der Waals surface area contributed by atoms with E-state index in [1.54, 1.807) is 0 Å². The molecule has 0 amide bonds. The Morgan fingerprint density at radius 1 is 1.47 bits per heavy atom. The minimum absolute atomic E-state index is 0.531. The van der Waals surface area contributed by atoms with E-state index in [-0.39, 0.29) is 0 Å². The van der Waals surface area contributed by atoms with Gasteiger partial charge in [-0.3, -0.25) is 0 Å². The SMILES string of the molecule is CC(CC1CCC1)Nc1cccnc1N(C)C. The van der Waals surface area contributed by atoms with Crippen LogP contribution in [0.5, 0.6) is 0 Å². The summed E-state index contributed by atoms with van der Waals surface area (Å²) < 4.78 is 0. The van der Waals surface area contributed by atoms with Gasteiger partial charge in [0.25, 0.3) is 0 Å². The van der Waals surface area contributed by atoms with Gasteiger partial charge in [-0.2, -0.15) is 0 Å². The molecule has 1 saturated carbocycles. The number of aromatic nitrogens is 1. The van der Waals surface area contributed by atoms with Crippen molar-refractivity contribution < 1.29 is 0 Å². The molecule has 1 aromatic heterocycles. The third kappa shape index (κ3) is 3.11. The maximum absolute atomic E-state index is 4.41. The van der Waals surface area contributed by atoms with Gasteiger partial charge in [-0.05, 0) is 31.4 Å². The Kier molecular flexibility index (Phi) is 3.87. The van der Waals surface area contributed by atoms with Gasteiger partial charge in [-0.25, -0.2) is 4.98 Å². The van der Waals surface area contributed by atoms with Crippen LogP contribution in [0.4, 0.5) is 11.5 Å². The fourth-order valence-electron chi connectivity index (χ4n) is 2.42. The number of nitrogens with one attached hydrogen (secondary N) is 1. The van der Waals surface area contributed by atoms with Crippen LogP contribution in [0.2, 0.25) is 0 Å². The normalized spacial score (nSPS) is 17.4. The summed E-state index contributed by atoms with van der Waals surface area (Å²) in [6.45, 7) is 2.27. The minimum atomic E-state index is 0.531. The molecule has 94 valence electrons. The highest BCUT2D eigenvalue weighted by atomic mass is 15.2. The molecule has 1 atom stereocenters. The molecule has 3 nitrogen and oxygen atoms in total. The van der Waals surface area contributed by atoms with Gasteiger partial charge in [0.05, 0.1) is 5.69 Å². The average molecular weight is 233 g/mol. The van der Waals surface area contributed by atoms with Crippen molar-refractivity contribution in [2.24, 2.45) is 5.92 Å². The first-order valence-electron chi connectivity index (χ1n) is 6.55. The summed E-state index contributed by atoms with van der Waals surface area (Å²) in [4.78, 5) is 6.46. The third-order valence-electron chi connectivity index (χ3n) is 3.52. The Morgan fingerprint density at radius 2 is 2.24 bits per heavy atom. The fraction of sp³-hybridized carbons (Fsp3) is 0.643. The van der Waals surface area contributed by atoms with Gasteiger partial charge in [-0.1, -0.05) is 19.3 Å². The standard InChI is InChI=1S/C14H23N3/c1-11(10-12-6-4-7-12)16-13-8-5-9-15-14(13)17(2)3/h5,8-9,11-12,16H,4,6-7,10H2,1-3H3. The highest BCUT2D eigenvalue weighted by Gasteiger charge is 2.20. The van der Waals surface area contributed by atoms with Gasteiger partial charge in [0.2, 0.25) is 0 Å². The van der Waals surface area contributed by atoms with Crippen molar-refractivity contribution in [3.63, 3.8) is 0 Å². The molecule has 0 bridgehead atoms. The molecule has 1 aromatic rings. The van der Waals surface area contributed by atoms with E-state index in [1.165, 1.54) is 25.7 Å². The topological polar surface area (TPSA) is 28.2 Å². The zero-order valence-corrected chi connectivity index (χ0v) is 11.1. The van der Waals surface area contributed by atoms with Crippen molar-refractivity contribution in [2.45, 2.75) is 38.6 Å². The number of nitrogens with zero attached hydrogens (tertiary/aromatic N) is 2. The van der Waals surface area contributed by atoms with Crippen LogP contribution < -0.4 is 10.2 Å². The first kappa shape index (κ1) is 12.2. The highest BCUT2D eigenvalue weighted by Crippen LogP contribution is 2.31. The van der Waals surface area contributed by atoms with Gasteiger partial charge in [0, 0.05) is 26.3 Å². The summed E-state index contributed by atoms with van der Waals surface area (Å²) in [6, 6.07) is 4.63. The maximum atomic E-state index is 4.41. The second kappa shape index (κ2) is 5.39. The van der Waals surface area contributed by atoms with E-state index in [9.17, 15) is 0 Å². The lowest BCUT2D eigenvalue weighted by atomic mass is 9.81. The summed E-state index contributed by atoms with van der Waals surface area (Å²) in [5.41, 5.74) is 1.14. The van der Waals surface area contributed by atoms with Crippen molar-refractivity contribution in [3.05, 3.63) is 18.3 Å². The van der Waals surface area contributed by atoms with E-state index in [0.29, 0.717) is 6.04 Å². The molecule has 17 heavy (non-hydrogen) atoms. The van der Waals surface area contributed by atoms with Crippen molar-refractivity contribution in [1.82, 2.24) is 4.98 Å². The van der Waals surface area contributed by atoms with Gasteiger partial charge >= 0.3 is 0 Å². The molecule has 0 aliphatic heterocycles. The molecule has 0 spiro atoms. The largest absolute Gasteiger partial charge is 0.380 e. The zero-order chi connectivity index (χ0) is 12.3. The van der Waals surface area contributed by atoms with Gasteiger partial charge in [0.1, 0.15) is 0 Å². The fourth-order valence-corrected chi connectivity index (χ4v) is 2.42. The van der Waals surface area contributed by atoms with Gasteiger partial charge < -0.3 is 10.2 Å². The molecule has 1 fully saturated rings. The Morgan fingerprint density at radius 3 is 2.82 bits per heavy atom. The van der Waals surface area contributed by atoms with E-state index < -0.39 is 0 Å². The number of hydrogen-bond acceptors (Lipinski definition) is 3. The zero-order valence-electron chi connectivity index (χ0n) is 11.1. The molecule has 1 N–H and O–H groups in total. The quantitative estimate of drug-likeness (QED) is 0.847. The lowest BCUT2D eigenvalue weighted by Gasteiger charge is -2.29. The highest BCUT2D eigenvalue weighted by molar-refractivity contribution is 5.64. The molecule has 1 heterocycles. The van der Waals surface area contributed by atoms with Gasteiger partial charge in [-0.15, -0.1) is 0 Å². The summed E-state index contributed by atoms with van der Waals surface area (Å²) in [6.07, 6.45) is 7.38. The molecule has 0 aromatic carbocycles. The Balaban J connectivity index is 1.96. The van der Waals surface area contributed by atoms with Crippen LogP contribution in [0.15, 0.2) is 18.3 Å². The lowest BCUT2D eigenvalue weighted by Crippen LogP contribution is -2.24. The van der Waals surface area contributed by atoms with Crippen LogP contribution in [-0.4, -0.2) is 25.1 Å². The van der Waals surface area contributed by atoms with E-state index in [1.807, 2.05) is 26.4 Å². The molecule has 1 unspecified atom stereocenters. The van der Waals surface area contributed by atoms with Crippen molar-refractivity contribution in [1.29, 1.82) is 0 Å². The molecule has 0 saturated heterocycles. The molecule has 3 heteroatoms. The molecular formula is C14H23N3. The summed E-state index contributed by atoms with van der Waals surface area (Å²) >= 11 is 0. The smallest absolute Gasteiger partial charge is 0.151 e. The third-order valence-corrected chi connectivity index (χ3v) is 3.52. The van der Waals surface area contributed by atoms with E-state index in [2.05, 4.69) is 28.2 Å². The first-order valence-corrected chi connectivity index (χ1v) is 6.55. The van der Waals surface area contributed by atoms with E-state index in [4.69, 9.17) is 0 Å². The van der Waals surface area contributed by atoms with Crippen LogP contribution in [-0.2, 0) is 0 Å². The number of pyridine rings is 1. The summed E-state index contributed by atoms with van der Waals surface area (Å²) in [5.74, 6) is 1.96. The van der Waals surface area contributed by atoms with Gasteiger partial charge in [0.15, 0.2) is 5.82 Å². The molecular weight excluding hydrogens is 210 g/mol. The predicted octanol–water partition coefficient (Wildman–Crippen LogP) is 3.14.